The van der Waals surface area contributed by atoms with Crippen LogP contribution in [0.1, 0.15) is 33.4 Å². The fourth-order valence-corrected chi connectivity index (χ4v) is 3.55. The van der Waals surface area contributed by atoms with E-state index in [2.05, 4.69) is 9.97 Å². The Morgan fingerprint density at radius 1 is 1.10 bits per heavy atom. The lowest BCUT2D eigenvalue weighted by Gasteiger charge is -2.33. The fourth-order valence-electron chi connectivity index (χ4n) is 3.55. The van der Waals surface area contributed by atoms with Crippen LogP contribution in [-0.4, -0.2) is 34.4 Å². The lowest BCUT2D eigenvalue weighted by Crippen LogP contribution is -2.38. The van der Waals surface area contributed by atoms with Crippen LogP contribution in [0.4, 0.5) is 8.78 Å². The first kappa shape index (κ1) is 19.0. The van der Waals surface area contributed by atoms with Crippen molar-refractivity contribution in [2.75, 3.05) is 13.7 Å². The number of pyridine rings is 2. The highest BCUT2D eigenvalue weighted by molar-refractivity contribution is 5.93. The Morgan fingerprint density at radius 2 is 1.79 bits per heavy atom. The molecule has 3 heterocycles. The minimum atomic E-state index is -1.13. The number of nitrogens with zero attached hydrogens (tertiary/aromatic N) is 1. The van der Waals surface area contributed by atoms with Crippen molar-refractivity contribution in [3.8, 4) is 0 Å². The second kappa shape index (κ2) is 6.93. The van der Waals surface area contributed by atoms with Crippen LogP contribution in [0.3, 0.4) is 0 Å². The highest BCUT2D eigenvalue weighted by Gasteiger charge is 2.31. The molecule has 29 heavy (non-hydrogen) atoms. The molecule has 0 saturated heterocycles. The van der Waals surface area contributed by atoms with Crippen molar-refractivity contribution in [2.24, 2.45) is 0 Å². The van der Waals surface area contributed by atoms with Crippen LogP contribution in [0, 0.1) is 18.6 Å². The fraction of sp³-hybridized carbons (Fsp3) is 0.250. The quantitative estimate of drug-likeness (QED) is 0.688. The Hall–Kier alpha value is -3.33. The van der Waals surface area contributed by atoms with Gasteiger partial charge in [0.2, 0.25) is 0 Å². The number of aromatic amines is 2. The van der Waals surface area contributed by atoms with Crippen LogP contribution in [0.5, 0.6) is 0 Å². The number of carbonyl (C=O) groups excluding carboxylic acids is 1. The maximum Gasteiger partial charge on any atom is 0.270 e. The van der Waals surface area contributed by atoms with Gasteiger partial charge in [0.05, 0.1) is 24.6 Å². The van der Waals surface area contributed by atoms with Gasteiger partial charge in [-0.25, -0.2) is 8.78 Å². The number of rotatable bonds is 2. The summed E-state index contributed by atoms with van der Waals surface area (Å²) in [6.45, 7) is 1.78. The first-order chi connectivity index (χ1) is 13.8. The number of H-pyrrole nitrogens is 2. The number of halogens is 2. The average Bonchev–Trinajstić information content (AvgIpc) is 2.70. The maximum atomic E-state index is 13.9. The van der Waals surface area contributed by atoms with Gasteiger partial charge in [0, 0.05) is 23.9 Å². The molecule has 1 aliphatic heterocycles. The van der Waals surface area contributed by atoms with Crippen LogP contribution >= 0.6 is 0 Å². The summed E-state index contributed by atoms with van der Waals surface area (Å²) in [4.78, 5) is 43.6. The van der Waals surface area contributed by atoms with E-state index in [1.54, 1.807) is 6.92 Å². The SMILES string of the molecule is Cc1ccc(C(=O)N(C)[C@@H]2COCc3[nH]c(=O)c4cc(F)c(F)cc4c32)[nH]c1=O. The van der Waals surface area contributed by atoms with E-state index in [1.165, 1.54) is 24.1 Å². The first-order valence-electron chi connectivity index (χ1n) is 8.86. The van der Waals surface area contributed by atoms with Crippen molar-refractivity contribution in [1.29, 1.82) is 0 Å². The summed E-state index contributed by atoms with van der Waals surface area (Å²) in [5.74, 6) is -2.70. The molecule has 3 aromatic rings. The van der Waals surface area contributed by atoms with Crippen LogP contribution in [0.2, 0.25) is 0 Å². The largest absolute Gasteiger partial charge is 0.373 e. The highest BCUT2D eigenvalue weighted by Crippen LogP contribution is 2.34. The molecule has 0 radical (unpaired) electrons. The monoisotopic (exact) mass is 401 g/mol. The van der Waals surface area contributed by atoms with Gasteiger partial charge in [-0.3, -0.25) is 14.4 Å². The van der Waals surface area contributed by atoms with E-state index in [1.807, 2.05) is 0 Å². The molecule has 1 amide bonds. The summed E-state index contributed by atoms with van der Waals surface area (Å²) >= 11 is 0. The van der Waals surface area contributed by atoms with Gasteiger partial charge in [-0.15, -0.1) is 0 Å². The van der Waals surface area contributed by atoms with E-state index in [4.69, 9.17) is 4.74 Å². The van der Waals surface area contributed by atoms with Gasteiger partial charge in [0.1, 0.15) is 5.69 Å². The molecule has 4 rings (SSSR count). The number of benzene rings is 1. The van der Waals surface area contributed by atoms with E-state index < -0.39 is 29.1 Å². The number of fused-ring (bicyclic) bond motifs is 3. The predicted octanol–water partition coefficient (Wildman–Crippen LogP) is 2.15. The topological polar surface area (TPSA) is 95.3 Å². The molecule has 1 aromatic carbocycles. The van der Waals surface area contributed by atoms with Gasteiger partial charge in [-0.05, 0) is 30.5 Å². The Morgan fingerprint density at radius 3 is 2.48 bits per heavy atom. The van der Waals surface area contributed by atoms with Crippen molar-refractivity contribution in [3.63, 3.8) is 0 Å². The Balaban J connectivity index is 1.85. The van der Waals surface area contributed by atoms with E-state index in [0.29, 0.717) is 16.8 Å². The molecule has 1 atom stereocenters. The summed E-state index contributed by atoms with van der Waals surface area (Å²) in [5.41, 5.74) is 0.477. The van der Waals surface area contributed by atoms with Crippen molar-refractivity contribution < 1.29 is 18.3 Å². The number of carbonyl (C=O) groups is 1. The molecule has 9 heteroatoms. The number of amides is 1. The summed E-state index contributed by atoms with van der Waals surface area (Å²) in [7, 11) is 1.51. The molecule has 1 aliphatic rings. The normalized spacial score (nSPS) is 15.9. The molecule has 0 aliphatic carbocycles. The zero-order valence-electron chi connectivity index (χ0n) is 15.6. The van der Waals surface area contributed by atoms with Gasteiger partial charge >= 0.3 is 0 Å². The third-order valence-corrected chi connectivity index (χ3v) is 5.16. The molecule has 0 spiro atoms. The summed E-state index contributed by atoms with van der Waals surface area (Å²) in [6.07, 6.45) is 0. The highest BCUT2D eigenvalue weighted by atomic mass is 19.2. The molecule has 2 aromatic heterocycles. The first-order valence-corrected chi connectivity index (χ1v) is 8.86. The lowest BCUT2D eigenvalue weighted by molar-refractivity contribution is 0.0332. The minimum absolute atomic E-state index is 0.0147. The minimum Gasteiger partial charge on any atom is -0.373 e. The number of hydrogen-bond acceptors (Lipinski definition) is 4. The Kier molecular flexibility index (Phi) is 4.54. The molecule has 0 bridgehead atoms. The zero-order valence-corrected chi connectivity index (χ0v) is 15.6. The maximum absolute atomic E-state index is 13.9. The van der Waals surface area contributed by atoms with Crippen LogP contribution in [-0.2, 0) is 11.3 Å². The van der Waals surface area contributed by atoms with E-state index in [9.17, 15) is 23.2 Å². The Labute approximate surface area is 162 Å². The number of nitrogens with one attached hydrogen (secondary N) is 2. The van der Waals surface area contributed by atoms with E-state index >= 15 is 0 Å². The number of aromatic nitrogens is 2. The van der Waals surface area contributed by atoms with Gasteiger partial charge in [0.15, 0.2) is 11.6 Å². The average molecular weight is 401 g/mol. The van der Waals surface area contributed by atoms with Gasteiger partial charge < -0.3 is 19.6 Å². The van der Waals surface area contributed by atoms with Crippen molar-refractivity contribution in [1.82, 2.24) is 14.9 Å². The van der Waals surface area contributed by atoms with Crippen LogP contribution in [0.25, 0.3) is 10.8 Å². The molecule has 0 saturated carbocycles. The molecule has 7 nitrogen and oxygen atoms in total. The number of likely N-dealkylation sites (N-methyl/N-ethyl adjacent to an activating group) is 1. The summed E-state index contributed by atoms with van der Waals surface area (Å²) in [6, 6.07) is 4.16. The van der Waals surface area contributed by atoms with Crippen molar-refractivity contribution in [3.05, 3.63) is 79.1 Å². The third kappa shape index (κ3) is 3.13. The molecule has 2 N–H and O–H groups in total. The van der Waals surface area contributed by atoms with Crippen molar-refractivity contribution in [2.45, 2.75) is 19.6 Å². The van der Waals surface area contributed by atoms with Crippen LogP contribution < -0.4 is 11.1 Å². The van der Waals surface area contributed by atoms with Crippen LogP contribution in [0.15, 0.2) is 33.9 Å². The number of hydrogen-bond donors (Lipinski definition) is 2. The summed E-state index contributed by atoms with van der Waals surface area (Å²) in [5, 5.41) is 0.201. The number of aryl methyl sites for hydroxylation is 1. The second-order valence-corrected chi connectivity index (χ2v) is 6.99. The zero-order chi connectivity index (χ0) is 20.9. The molecular formula is C20H17F2N3O4. The molecule has 0 unspecified atom stereocenters. The van der Waals surface area contributed by atoms with Gasteiger partial charge in [-0.2, -0.15) is 0 Å². The van der Waals surface area contributed by atoms with Gasteiger partial charge in [0.25, 0.3) is 17.0 Å². The van der Waals surface area contributed by atoms with Gasteiger partial charge in [-0.1, -0.05) is 6.07 Å². The third-order valence-electron chi connectivity index (χ3n) is 5.16. The number of ether oxygens (including phenoxy) is 1. The van der Waals surface area contributed by atoms with E-state index in [-0.39, 0.29) is 35.2 Å². The lowest BCUT2D eigenvalue weighted by atomic mass is 9.95. The molecular weight excluding hydrogens is 384 g/mol. The van der Waals surface area contributed by atoms with Crippen molar-refractivity contribution >= 4 is 16.7 Å². The molecule has 150 valence electrons. The summed E-state index contributed by atoms with van der Waals surface area (Å²) < 4.78 is 33.1. The smallest absolute Gasteiger partial charge is 0.270 e. The Bertz CT molecular complexity index is 1270. The molecule has 0 fully saturated rings. The second-order valence-electron chi connectivity index (χ2n) is 6.99. The standard InChI is InChI=1S/C20H17F2N3O4/c1-9-3-4-14(23-18(9)26)20(28)25(2)16-8-29-7-15-17(16)10-5-12(21)13(22)6-11(10)19(27)24-15/h3-6,16H,7-8H2,1-2H3,(H,23,26)(H,24,27)/t16-/m1/s1. The van der Waals surface area contributed by atoms with E-state index in [0.717, 1.165) is 12.1 Å². The predicted molar refractivity (Wildman–Crippen MR) is 101 cm³/mol.